The fraction of sp³-hybridized carbons (Fsp3) is 0.417. The van der Waals surface area contributed by atoms with Gasteiger partial charge in [0.25, 0.3) is 0 Å². The van der Waals surface area contributed by atoms with E-state index in [9.17, 15) is 4.39 Å². The van der Waals surface area contributed by atoms with Crippen LogP contribution in [0, 0.1) is 5.82 Å². The van der Waals surface area contributed by atoms with Crippen LogP contribution in [0.1, 0.15) is 26.7 Å². The maximum Gasteiger partial charge on any atom is 0.184 e. The van der Waals surface area contributed by atoms with Gasteiger partial charge in [-0.25, -0.2) is 9.37 Å². The van der Waals surface area contributed by atoms with Crippen molar-refractivity contribution in [1.29, 1.82) is 0 Å². The molecule has 0 aliphatic rings. The number of nitrogens with one attached hydrogen (secondary N) is 1. The molecule has 0 radical (unpaired) electrons. The average molecular weight is 238 g/mol. The molecule has 0 spiro atoms. The molecule has 0 fully saturated rings. The highest BCUT2D eigenvalue weighted by atomic mass is 32.1. The molecule has 0 amide bonds. The first-order valence-electron chi connectivity index (χ1n) is 5.55. The second-order valence-electron chi connectivity index (χ2n) is 3.79. The summed E-state index contributed by atoms with van der Waals surface area (Å²) in [5.74, 6) is -0.230. The maximum atomic E-state index is 13.0. The molecule has 2 aromatic rings. The van der Waals surface area contributed by atoms with Gasteiger partial charge in [-0.1, -0.05) is 25.2 Å². The van der Waals surface area contributed by atoms with Gasteiger partial charge in [0.2, 0.25) is 0 Å². The lowest BCUT2D eigenvalue weighted by Gasteiger charge is -2.12. The van der Waals surface area contributed by atoms with Gasteiger partial charge in [-0.15, -0.1) is 0 Å². The minimum atomic E-state index is -0.230. The number of halogens is 1. The first-order chi connectivity index (χ1) is 7.72. The molecule has 0 atom stereocenters. The van der Waals surface area contributed by atoms with Crippen LogP contribution in [-0.2, 0) is 0 Å². The predicted octanol–water partition coefficient (Wildman–Crippen LogP) is 4.04. The number of hydrogen-bond donors (Lipinski definition) is 1. The van der Waals surface area contributed by atoms with Gasteiger partial charge in [0.05, 0.1) is 10.2 Å². The molecule has 0 saturated carbocycles. The van der Waals surface area contributed by atoms with E-state index in [1.54, 1.807) is 17.4 Å². The van der Waals surface area contributed by atoms with Crippen molar-refractivity contribution in [2.45, 2.75) is 32.7 Å². The molecule has 0 aliphatic carbocycles. The van der Waals surface area contributed by atoms with Gasteiger partial charge < -0.3 is 5.32 Å². The number of benzene rings is 1. The fourth-order valence-electron chi connectivity index (χ4n) is 1.63. The van der Waals surface area contributed by atoms with Crippen molar-refractivity contribution in [2.75, 3.05) is 5.32 Å². The number of fused-ring (bicyclic) bond motifs is 1. The van der Waals surface area contributed by atoms with Crippen LogP contribution in [0.2, 0.25) is 0 Å². The normalized spacial score (nSPS) is 11.2. The molecule has 16 heavy (non-hydrogen) atoms. The summed E-state index contributed by atoms with van der Waals surface area (Å²) >= 11 is 1.58. The third-order valence-corrected chi connectivity index (χ3v) is 3.63. The molecular weight excluding hydrogens is 223 g/mol. The van der Waals surface area contributed by atoms with Crippen LogP contribution < -0.4 is 5.32 Å². The molecule has 86 valence electrons. The zero-order valence-electron chi connectivity index (χ0n) is 9.46. The molecule has 1 aromatic carbocycles. The van der Waals surface area contributed by atoms with Gasteiger partial charge >= 0.3 is 0 Å². The summed E-state index contributed by atoms with van der Waals surface area (Å²) in [6.07, 6.45) is 2.14. The van der Waals surface area contributed by atoms with Crippen LogP contribution in [-0.4, -0.2) is 11.0 Å². The van der Waals surface area contributed by atoms with Crippen molar-refractivity contribution < 1.29 is 4.39 Å². The van der Waals surface area contributed by atoms with Gasteiger partial charge in [-0.05, 0) is 25.0 Å². The molecule has 2 nitrogen and oxygen atoms in total. The molecule has 4 heteroatoms. The first kappa shape index (κ1) is 11.3. The summed E-state index contributed by atoms with van der Waals surface area (Å²) in [7, 11) is 0. The molecule has 0 saturated heterocycles. The summed E-state index contributed by atoms with van der Waals surface area (Å²) in [5.41, 5.74) is 0.735. The van der Waals surface area contributed by atoms with Crippen molar-refractivity contribution in [2.24, 2.45) is 0 Å². The Morgan fingerprint density at radius 1 is 1.38 bits per heavy atom. The molecule has 1 heterocycles. The predicted molar refractivity (Wildman–Crippen MR) is 67.6 cm³/mol. The monoisotopic (exact) mass is 238 g/mol. The van der Waals surface area contributed by atoms with E-state index in [0.29, 0.717) is 6.04 Å². The van der Waals surface area contributed by atoms with Crippen molar-refractivity contribution in [1.82, 2.24) is 4.98 Å². The largest absolute Gasteiger partial charge is 0.359 e. The maximum absolute atomic E-state index is 13.0. The third-order valence-electron chi connectivity index (χ3n) is 2.66. The first-order valence-corrected chi connectivity index (χ1v) is 6.37. The van der Waals surface area contributed by atoms with E-state index in [1.807, 2.05) is 0 Å². The zero-order valence-corrected chi connectivity index (χ0v) is 10.3. The van der Waals surface area contributed by atoms with E-state index in [0.717, 1.165) is 28.2 Å². The number of aromatic nitrogens is 1. The van der Waals surface area contributed by atoms with Crippen LogP contribution in [0.25, 0.3) is 10.2 Å². The highest BCUT2D eigenvalue weighted by molar-refractivity contribution is 7.22. The molecule has 0 aliphatic heterocycles. The standard InChI is InChI=1S/C12H15FN2S/c1-3-9(4-2)14-12-15-10-7-8(13)5-6-11(10)16-12/h5-7,9H,3-4H2,1-2H3,(H,14,15). The lowest BCUT2D eigenvalue weighted by molar-refractivity contribution is 0.629. The number of rotatable bonds is 4. The van der Waals surface area contributed by atoms with Crippen molar-refractivity contribution in [3.05, 3.63) is 24.0 Å². The quantitative estimate of drug-likeness (QED) is 0.869. The van der Waals surface area contributed by atoms with Crippen LogP contribution in [0.5, 0.6) is 0 Å². The molecule has 1 aromatic heterocycles. The van der Waals surface area contributed by atoms with Gasteiger partial charge in [0.1, 0.15) is 5.82 Å². The number of nitrogens with zero attached hydrogens (tertiary/aromatic N) is 1. The van der Waals surface area contributed by atoms with Gasteiger partial charge in [-0.2, -0.15) is 0 Å². The molecule has 0 unspecified atom stereocenters. The highest BCUT2D eigenvalue weighted by Crippen LogP contribution is 2.27. The van der Waals surface area contributed by atoms with Gasteiger partial charge in [-0.3, -0.25) is 0 Å². The van der Waals surface area contributed by atoms with E-state index in [4.69, 9.17) is 0 Å². The minimum absolute atomic E-state index is 0.230. The molecule has 1 N–H and O–H groups in total. The van der Waals surface area contributed by atoms with Gasteiger partial charge in [0.15, 0.2) is 5.13 Å². The van der Waals surface area contributed by atoms with Gasteiger partial charge in [0, 0.05) is 12.1 Å². The Balaban J connectivity index is 2.25. The Kier molecular flexibility index (Phi) is 3.39. The van der Waals surface area contributed by atoms with E-state index in [2.05, 4.69) is 24.1 Å². The minimum Gasteiger partial charge on any atom is -0.359 e. The molecule has 0 bridgehead atoms. The lowest BCUT2D eigenvalue weighted by Crippen LogP contribution is -2.16. The summed E-state index contributed by atoms with van der Waals surface area (Å²) in [4.78, 5) is 4.38. The SMILES string of the molecule is CCC(CC)Nc1nc2cc(F)ccc2s1. The summed E-state index contributed by atoms with van der Waals surface area (Å²) in [5, 5.41) is 4.26. The number of thiazole rings is 1. The van der Waals surface area contributed by atoms with Crippen LogP contribution in [0.15, 0.2) is 18.2 Å². The number of hydrogen-bond acceptors (Lipinski definition) is 3. The topological polar surface area (TPSA) is 24.9 Å². The van der Waals surface area contributed by atoms with Crippen LogP contribution in [0.4, 0.5) is 9.52 Å². The van der Waals surface area contributed by atoms with Crippen molar-refractivity contribution in [3.63, 3.8) is 0 Å². The number of anilines is 1. The summed E-state index contributed by atoms with van der Waals surface area (Å²) < 4.78 is 14.0. The Morgan fingerprint density at radius 2 is 2.12 bits per heavy atom. The van der Waals surface area contributed by atoms with E-state index >= 15 is 0 Å². The van der Waals surface area contributed by atoms with E-state index in [-0.39, 0.29) is 5.82 Å². The highest BCUT2D eigenvalue weighted by Gasteiger charge is 2.08. The Labute approximate surface area is 98.5 Å². The smallest absolute Gasteiger partial charge is 0.184 e. The lowest BCUT2D eigenvalue weighted by atomic mass is 10.2. The van der Waals surface area contributed by atoms with Crippen molar-refractivity contribution in [3.8, 4) is 0 Å². The average Bonchev–Trinajstić information content (AvgIpc) is 2.67. The van der Waals surface area contributed by atoms with E-state index in [1.165, 1.54) is 12.1 Å². The van der Waals surface area contributed by atoms with Crippen LogP contribution in [0.3, 0.4) is 0 Å². The third kappa shape index (κ3) is 2.32. The van der Waals surface area contributed by atoms with Crippen LogP contribution >= 0.6 is 11.3 Å². The molecule has 2 rings (SSSR count). The van der Waals surface area contributed by atoms with Crippen molar-refractivity contribution >= 4 is 26.7 Å². The Morgan fingerprint density at radius 3 is 2.81 bits per heavy atom. The summed E-state index contributed by atoms with van der Waals surface area (Å²) in [6, 6.07) is 5.18. The molecular formula is C12H15FN2S. The zero-order chi connectivity index (χ0) is 11.5. The summed E-state index contributed by atoms with van der Waals surface area (Å²) in [6.45, 7) is 4.29. The fourth-order valence-corrected chi connectivity index (χ4v) is 2.55. The Bertz CT molecular complexity index is 477. The second-order valence-corrected chi connectivity index (χ2v) is 4.82. The Hall–Kier alpha value is -1.16. The second kappa shape index (κ2) is 4.78. The van der Waals surface area contributed by atoms with E-state index < -0.39 is 0 Å².